The molecular formula is C24H25N5O3. The van der Waals surface area contributed by atoms with Crippen LogP contribution in [0.1, 0.15) is 46.5 Å². The van der Waals surface area contributed by atoms with Crippen LogP contribution >= 0.6 is 0 Å². The molecule has 8 nitrogen and oxygen atoms in total. The third kappa shape index (κ3) is 3.72. The number of likely N-dealkylation sites (tertiary alicyclic amines) is 1. The minimum atomic E-state index is -0.115. The molecule has 0 spiro atoms. The van der Waals surface area contributed by atoms with Gasteiger partial charge in [-0.15, -0.1) is 0 Å². The number of rotatable bonds is 5. The highest BCUT2D eigenvalue weighted by Gasteiger charge is 2.29. The lowest BCUT2D eigenvalue weighted by molar-refractivity contribution is 0.0683. The Bertz CT molecular complexity index is 1240. The van der Waals surface area contributed by atoms with Crippen molar-refractivity contribution >= 4 is 16.9 Å². The van der Waals surface area contributed by atoms with E-state index >= 15 is 0 Å². The van der Waals surface area contributed by atoms with Crippen LogP contribution < -0.4 is 4.74 Å². The number of amides is 1. The summed E-state index contributed by atoms with van der Waals surface area (Å²) >= 11 is 0. The minimum Gasteiger partial charge on any atom is -0.497 e. The zero-order chi connectivity index (χ0) is 22.1. The van der Waals surface area contributed by atoms with Crippen molar-refractivity contribution in [3.05, 3.63) is 71.3 Å². The summed E-state index contributed by atoms with van der Waals surface area (Å²) in [6.45, 7) is 3.05. The van der Waals surface area contributed by atoms with Crippen molar-refractivity contribution in [2.75, 3.05) is 20.2 Å². The Morgan fingerprint density at radius 1 is 1.09 bits per heavy atom. The predicted octanol–water partition coefficient (Wildman–Crippen LogP) is 3.80. The van der Waals surface area contributed by atoms with Crippen molar-refractivity contribution in [3.63, 3.8) is 0 Å². The molecule has 2 aromatic carbocycles. The number of aryl methyl sites for hydroxylation is 1. The standard InChI is InChI=1S/C24H25N5O3/c1-16-23(27-32-26-16)24(30)28-13-11-18(12-14-28)29-21-6-4-3-5-20(21)25-22(29)15-17-7-9-19(31-2)10-8-17/h3-10,18H,11-15H2,1-2H3. The molecule has 1 aliphatic heterocycles. The van der Waals surface area contributed by atoms with Crippen LogP contribution in [0.5, 0.6) is 5.75 Å². The molecule has 3 heterocycles. The van der Waals surface area contributed by atoms with Crippen molar-refractivity contribution in [1.82, 2.24) is 24.8 Å². The molecule has 0 aliphatic carbocycles. The minimum absolute atomic E-state index is 0.115. The molecule has 1 saturated heterocycles. The summed E-state index contributed by atoms with van der Waals surface area (Å²) in [6.07, 6.45) is 2.44. The van der Waals surface area contributed by atoms with Gasteiger partial charge >= 0.3 is 0 Å². The highest BCUT2D eigenvalue weighted by Crippen LogP contribution is 2.30. The highest BCUT2D eigenvalue weighted by molar-refractivity contribution is 5.93. The molecule has 2 aromatic heterocycles. The van der Waals surface area contributed by atoms with Crippen LogP contribution in [0.3, 0.4) is 0 Å². The maximum Gasteiger partial charge on any atom is 0.278 e. The lowest BCUT2D eigenvalue weighted by Gasteiger charge is -2.33. The number of carbonyl (C=O) groups is 1. The summed E-state index contributed by atoms with van der Waals surface area (Å²) in [5, 5.41) is 7.50. The average molecular weight is 431 g/mol. The Hall–Kier alpha value is -3.68. The number of fused-ring (bicyclic) bond motifs is 1. The van der Waals surface area contributed by atoms with E-state index in [1.54, 1.807) is 14.0 Å². The van der Waals surface area contributed by atoms with Gasteiger partial charge < -0.3 is 14.2 Å². The van der Waals surface area contributed by atoms with Crippen molar-refractivity contribution < 1.29 is 14.2 Å². The molecule has 0 bridgehead atoms. The van der Waals surface area contributed by atoms with Gasteiger partial charge in [-0.05, 0) is 54.8 Å². The fourth-order valence-corrected chi connectivity index (χ4v) is 4.45. The fraction of sp³-hybridized carbons (Fsp3) is 0.333. The molecule has 164 valence electrons. The van der Waals surface area contributed by atoms with E-state index in [4.69, 9.17) is 14.3 Å². The molecule has 1 aliphatic rings. The predicted molar refractivity (Wildman–Crippen MR) is 119 cm³/mol. The fourth-order valence-electron chi connectivity index (χ4n) is 4.45. The first-order valence-electron chi connectivity index (χ1n) is 10.8. The quantitative estimate of drug-likeness (QED) is 0.478. The average Bonchev–Trinajstić information content (AvgIpc) is 3.42. The summed E-state index contributed by atoms with van der Waals surface area (Å²) in [5.74, 6) is 1.77. The molecule has 0 atom stereocenters. The third-order valence-corrected chi connectivity index (χ3v) is 6.16. The number of para-hydroxylation sites is 2. The number of piperidine rings is 1. The first kappa shape index (κ1) is 20.2. The molecule has 0 radical (unpaired) electrons. The van der Waals surface area contributed by atoms with Crippen LogP contribution in [0.4, 0.5) is 0 Å². The first-order chi connectivity index (χ1) is 15.6. The van der Waals surface area contributed by atoms with E-state index in [1.807, 2.05) is 23.1 Å². The van der Waals surface area contributed by atoms with Crippen LogP contribution in [-0.2, 0) is 6.42 Å². The van der Waals surface area contributed by atoms with Gasteiger partial charge in [-0.3, -0.25) is 4.79 Å². The second-order valence-electron chi connectivity index (χ2n) is 8.13. The maximum absolute atomic E-state index is 12.8. The molecule has 32 heavy (non-hydrogen) atoms. The van der Waals surface area contributed by atoms with E-state index in [0.29, 0.717) is 24.5 Å². The second-order valence-corrected chi connectivity index (χ2v) is 8.13. The zero-order valence-corrected chi connectivity index (χ0v) is 18.2. The third-order valence-electron chi connectivity index (χ3n) is 6.16. The topological polar surface area (TPSA) is 86.3 Å². The van der Waals surface area contributed by atoms with Gasteiger partial charge in [0.1, 0.15) is 17.3 Å². The van der Waals surface area contributed by atoms with E-state index in [0.717, 1.165) is 41.9 Å². The van der Waals surface area contributed by atoms with Gasteiger partial charge in [0, 0.05) is 25.6 Å². The van der Waals surface area contributed by atoms with Crippen molar-refractivity contribution in [2.45, 2.75) is 32.2 Å². The highest BCUT2D eigenvalue weighted by atomic mass is 16.6. The van der Waals surface area contributed by atoms with Crippen molar-refractivity contribution in [2.24, 2.45) is 0 Å². The number of hydrogen-bond donors (Lipinski definition) is 0. The van der Waals surface area contributed by atoms with E-state index in [1.165, 1.54) is 5.56 Å². The normalized spacial score (nSPS) is 14.8. The summed E-state index contributed by atoms with van der Waals surface area (Å²) < 4.78 is 12.4. The number of aromatic nitrogens is 4. The number of ether oxygens (including phenoxy) is 1. The zero-order valence-electron chi connectivity index (χ0n) is 18.2. The van der Waals surface area contributed by atoms with Crippen molar-refractivity contribution in [3.8, 4) is 5.75 Å². The Balaban J connectivity index is 1.39. The smallest absolute Gasteiger partial charge is 0.278 e. The molecule has 0 N–H and O–H groups in total. The lowest BCUT2D eigenvalue weighted by atomic mass is 10.0. The van der Waals surface area contributed by atoms with Crippen LogP contribution in [-0.4, -0.2) is 50.9 Å². The van der Waals surface area contributed by atoms with Gasteiger partial charge in [0.25, 0.3) is 5.91 Å². The van der Waals surface area contributed by atoms with Crippen LogP contribution in [0.25, 0.3) is 11.0 Å². The van der Waals surface area contributed by atoms with E-state index in [9.17, 15) is 4.79 Å². The number of methoxy groups -OCH3 is 1. The molecule has 1 amide bonds. The summed E-state index contributed by atoms with van der Waals surface area (Å²) in [7, 11) is 1.67. The maximum atomic E-state index is 12.8. The molecular weight excluding hydrogens is 406 g/mol. The summed E-state index contributed by atoms with van der Waals surface area (Å²) in [6, 6.07) is 16.7. The van der Waals surface area contributed by atoms with Crippen molar-refractivity contribution in [1.29, 1.82) is 0 Å². The monoisotopic (exact) mass is 431 g/mol. The molecule has 4 aromatic rings. The largest absolute Gasteiger partial charge is 0.497 e. The van der Waals surface area contributed by atoms with Crippen LogP contribution in [0, 0.1) is 6.92 Å². The summed E-state index contributed by atoms with van der Waals surface area (Å²) in [5.41, 5.74) is 4.15. The van der Waals surface area contributed by atoms with Crippen LogP contribution in [0.15, 0.2) is 53.2 Å². The summed E-state index contributed by atoms with van der Waals surface area (Å²) in [4.78, 5) is 19.6. The SMILES string of the molecule is COc1ccc(Cc2nc3ccccc3n2C2CCN(C(=O)c3nonc3C)CC2)cc1. The molecule has 1 fully saturated rings. The van der Waals surface area contributed by atoms with Gasteiger partial charge in [-0.1, -0.05) is 29.4 Å². The number of carbonyl (C=O) groups excluding carboxylic acids is 1. The number of hydrogen-bond acceptors (Lipinski definition) is 6. The Labute approximate surface area is 185 Å². The first-order valence-corrected chi connectivity index (χ1v) is 10.8. The van der Waals surface area contributed by atoms with Crippen LogP contribution in [0.2, 0.25) is 0 Å². The number of nitrogens with zero attached hydrogens (tertiary/aromatic N) is 5. The number of imidazole rings is 1. The molecule has 0 saturated carbocycles. The number of benzene rings is 2. The van der Waals surface area contributed by atoms with Gasteiger partial charge in [-0.25, -0.2) is 9.61 Å². The Morgan fingerprint density at radius 2 is 1.84 bits per heavy atom. The van der Waals surface area contributed by atoms with Gasteiger partial charge in [-0.2, -0.15) is 0 Å². The molecule has 0 unspecified atom stereocenters. The van der Waals surface area contributed by atoms with Gasteiger partial charge in [0.15, 0.2) is 5.69 Å². The van der Waals surface area contributed by atoms with Gasteiger partial charge in [0.05, 0.1) is 18.1 Å². The lowest BCUT2D eigenvalue weighted by Crippen LogP contribution is -2.39. The van der Waals surface area contributed by atoms with E-state index in [2.05, 4.69) is 45.2 Å². The molecule has 5 rings (SSSR count). The van der Waals surface area contributed by atoms with E-state index < -0.39 is 0 Å². The Kier molecular flexibility index (Phi) is 5.34. The van der Waals surface area contributed by atoms with Gasteiger partial charge in [0.2, 0.25) is 0 Å². The van der Waals surface area contributed by atoms with E-state index in [-0.39, 0.29) is 11.9 Å². The second kappa shape index (κ2) is 8.45. The Morgan fingerprint density at radius 3 is 2.53 bits per heavy atom. The molecule has 8 heteroatoms.